The van der Waals surface area contributed by atoms with E-state index in [0.717, 1.165) is 18.5 Å². The van der Waals surface area contributed by atoms with Gasteiger partial charge < -0.3 is 10.0 Å². The number of nitrogens with zero attached hydrogens (tertiary/aromatic N) is 1. The fourth-order valence-corrected chi connectivity index (χ4v) is 2.36. The molecular formula is C13H19NO. The maximum absolute atomic E-state index is 10.1. The van der Waals surface area contributed by atoms with Crippen molar-refractivity contribution in [3.63, 3.8) is 0 Å². The molecular weight excluding hydrogens is 186 g/mol. The predicted molar refractivity (Wildman–Crippen MR) is 63.3 cm³/mol. The molecule has 0 bridgehead atoms. The van der Waals surface area contributed by atoms with Crippen LogP contribution in [0, 0.1) is 0 Å². The minimum absolute atomic E-state index is 0.753. The lowest BCUT2D eigenvalue weighted by Crippen LogP contribution is -2.29. The van der Waals surface area contributed by atoms with Crippen LogP contribution in [0.1, 0.15) is 31.4 Å². The maximum Gasteiger partial charge on any atom is 0.0860 e. The van der Waals surface area contributed by atoms with Crippen LogP contribution in [0.4, 0.5) is 5.69 Å². The number of fused-ring (bicyclic) bond motifs is 1. The summed E-state index contributed by atoms with van der Waals surface area (Å²) in [6.07, 6.45) is 2.34. The minimum atomic E-state index is -0.753. The summed E-state index contributed by atoms with van der Waals surface area (Å²) in [6, 6.07) is 6.24. The van der Waals surface area contributed by atoms with Crippen molar-refractivity contribution in [1.29, 1.82) is 0 Å². The number of hydrogen-bond acceptors (Lipinski definition) is 2. The van der Waals surface area contributed by atoms with Crippen molar-refractivity contribution in [2.45, 2.75) is 32.3 Å². The molecule has 1 heterocycles. The van der Waals surface area contributed by atoms with E-state index in [0.29, 0.717) is 0 Å². The first-order valence-corrected chi connectivity index (χ1v) is 5.56. The van der Waals surface area contributed by atoms with Crippen molar-refractivity contribution in [3.05, 3.63) is 29.3 Å². The monoisotopic (exact) mass is 205 g/mol. The Labute approximate surface area is 91.5 Å². The molecule has 0 aromatic heterocycles. The molecule has 1 aliphatic heterocycles. The van der Waals surface area contributed by atoms with Gasteiger partial charge in [-0.05, 0) is 32.3 Å². The molecule has 0 radical (unpaired) electrons. The van der Waals surface area contributed by atoms with Crippen molar-refractivity contribution < 1.29 is 5.11 Å². The average molecular weight is 205 g/mol. The van der Waals surface area contributed by atoms with Crippen LogP contribution in [-0.4, -0.2) is 18.7 Å². The van der Waals surface area contributed by atoms with E-state index in [4.69, 9.17) is 0 Å². The van der Waals surface area contributed by atoms with E-state index in [2.05, 4.69) is 18.0 Å². The molecule has 2 heteroatoms. The van der Waals surface area contributed by atoms with E-state index >= 15 is 0 Å². The van der Waals surface area contributed by atoms with Crippen LogP contribution in [0.3, 0.4) is 0 Å². The van der Waals surface area contributed by atoms with Gasteiger partial charge in [0.05, 0.1) is 5.60 Å². The minimum Gasteiger partial charge on any atom is -0.386 e. The summed E-state index contributed by atoms with van der Waals surface area (Å²) >= 11 is 0. The Kier molecular flexibility index (Phi) is 2.47. The zero-order valence-corrected chi connectivity index (χ0v) is 9.75. The first-order valence-electron chi connectivity index (χ1n) is 5.56. The standard InChI is InChI=1S/C13H19NO/c1-13(2,15)11-8-4-6-10-7-5-9-14(3)12(10)11/h4,6,8,15H,5,7,9H2,1-3H3. The Hall–Kier alpha value is -1.02. The summed E-state index contributed by atoms with van der Waals surface area (Å²) in [5.41, 5.74) is 2.89. The molecule has 0 atom stereocenters. The van der Waals surface area contributed by atoms with Crippen molar-refractivity contribution in [2.24, 2.45) is 0 Å². The molecule has 0 aliphatic carbocycles. The highest BCUT2D eigenvalue weighted by Gasteiger charge is 2.25. The molecule has 1 aliphatic rings. The highest BCUT2D eigenvalue weighted by molar-refractivity contribution is 5.62. The first kappa shape index (κ1) is 10.5. The number of benzene rings is 1. The van der Waals surface area contributed by atoms with E-state index in [1.807, 2.05) is 26.0 Å². The van der Waals surface area contributed by atoms with Gasteiger partial charge in [-0.25, -0.2) is 0 Å². The molecule has 1 aromatic rings. The van der Waals surface area contributed by atoms with Gasteiger partial charge >= 0.3 is 0 Å². The number of aryl methyl sites for hydroxylation is 1. The summed E-state index contributed by atoms with van der Waals surface area (Å²) in [5, 5.41) is 10.1. The van der Waals surface area contributed by atoms with Gasteiger partial charge in [0.1, 0.15) is 0 Å². The van der Waals surface area contributed by atoms with E-state index in [9.17, 15) is 5.11 Å². The molecule has 1 N–H and O–H groups in total. The molecule has 0 fully saturated rings. The van der Waals surface area contributed by atoms with Crippen LogP contribution in [0.5, 0.6) is 0 Å². The maximum atomic E-state index is 10.1. The average Bonchev–Trinajstić information content (AvgIpc) is 2.16. The van der Waals surface area contributed by atoms with Gasteiger partial charge in [0.2, 0.25) is 0 Å². The smallest absolute Gasteiger partial charge is 0.0860 e. The zero-order valence-electron chi connectivity index (χ0n) is 9.75. The van der Waals surface area contributed by atoms with Gasteiger partial charge in [0, 0.05) is 24.8 Å². The number of rotatable bonds is 1. The Balaban J connectivity index is 2.57. The molecule has 0 amide bonds. The highest BCUT2D eigenvalue weighted by atomic mass is 16.3. The Morgan fingerprint density at radius 3 is 2.73 bits per heavy atom. The van der Waals surface area contributed by atoms with Crippen LogP contribution in [-0.2, 0) is 12.0 Å². The second kappa shape index (κ2) is 3.53. The largest absolute Gasteiger partial charge is 0.386 e. The normalized spacial score (nSPS) is 16.4. The molecule has 0 spiro atoms. The van der Waals surface area contributed by atoms with Crippen LogP contribution < -0.4 is 4.90 Å². The Bertz CT molecular complexity index is 365. The lowest BCUT2D eigenvalue weighted by Gasteiger charge is -2.33. The Morgan fingerprint density at radius 1 is 1.33 bits per heavy atom. The van der Waals surface area contributed by atoms with Crippen LogP contribution in [0.15, 0.2) is 18.2 Å². The van der Waals surface area contributed by atoms with Gasteiger partial charge in [-0.2, -0.15) is 0 Å². The molecule has 2 rings (SSSR count). The number of aliphatic hydroxyl groups is 1. The topological polar surface area (TPSA) is 23.5 Å². The van der Waals surface area contributed by atoms with E-state index in [1.54, 1.807) is 0 Å². The molecule has 1 aromatic carbocycles. The molecule has 15 heavy (non-hydrogen) atoms. The third-order valence-corrected chi connectivity index (χ3v) is 3.10. The van der Waals surface area contributed by atoms with E-state index < -0.39 is 5.60 Å². The van der Waals surface area contributed by atoms with Gasteiger partial charge in [-0.3, -0.25) is 0 Å². The Morgan fingerprint density at radius 2 is 2.07 bits per heavy atom. The predicted octanol–water partition coefficient (Wildman–Crippen LogP) is 2.30. The molecule has 82 valence electrons. The third kappa shape index (κ3) is 1.86. The second-order valence-corrected chi connectivity index (χ2v) is 4.90. The fourth-order valence-electron chi connectivity index (χ4n) is 2.36. The van der Waals surface area contributed by atoms with Gasteiger partial charge in [-0.1, -0.05) is 18.2 Å². The van der Waals surface area contributed by atoms with Crippen molar-refractivity contribution in [3.8, 4) is 0 Å². The van der Waals surface area contributed by atoms with Gasteiger partial charge in [0.25, 0.3) is 0 Å². The summed E-state index contributed by atoms with van der Waals surface area (Å²) in [6.45, 7) is 4.79. The lowest BCUT2D eigenvalue weighted by atomic mass is 9.90. The highest BCUT2D eigenvalue weighted by Crippen LogP contribution is 2.35. The number of anilines is 1. The second-order valence-electron chi connectivity index (χ2n) is 4.90. The molecule has 0 saturated heterocycles. The SMILES string of the molecule is CN1CCCc2cccc(C(C)(C)O)c21. The van der Waals surface area contributed by atoms with Gasteiger partial charge in [0.15, 0.2) is 0 Å². The van der Waals surface area contributed by atoms with Gasteiger partial charge in [-0.15, -0.1) is 0 Å². The lowest BCUT2D eigenvalue weighted by molar-refractivity contribution is 0.0789. The van der Waals surface area contributed by atoms with Crippen molar-refractivity contribution in [1.82, 2.24) is 0 Å². The molecule has 0 saturated carbocycles. The molecule has 0 unspecified atom stereocenters. The van der Waals surface area contributed by atoms with E-state index in [1.165, 1.54) is 17.7 Å². The zero-order chi connectivity index (χ0) is 11.1. The summed E-state index contributed by atoms with van der Waals surface area (Å²) in [5.74, 6) is 0. The van der Waals surface area contributed by atoms with Crippen LogP contribution in [0.2, 0.25) is 0 Å². The molecule has 2 nitrogen and oxygen atoms in total. The van der Waals surface area contributed by atoms with Crippen molar-refractivity contribution >= 4 is 5.69 Å². The van der Waals surface area contributed by atoms with Crippen LogP contribution in [0.25, 0.3) is 0 Å². The van der Waals surface area contributed by atoms with Crippen molar-refractivity contribution in [2.75, 3.05) is 18.5 Å². The fraction of sp³-hybridized carbons (Fsp3) is 0.538. The summed E-state index contributed by atoms with van der Waals surface area (Å²) in [4.78, 5) is 2.26. The first-order chi connectivity index (χ1) is 7.00. The number of para-hydroxylation sites is 1. The van der Waals surface area contributed by atoms with E-state index in [-0.39, 0.29) is 0 Å². The van der Waals surface area contributed by atoms with Crippen LogP contribution >= 0.6 is 0 Å². The summed E-state index contributed by atoms with van der Waals surface area (Å²) in [7, 11) is 2.10. The quantitative estimate of drug-likeness (QED) is 0.760. The number of hydrogen-bond donors (Lipinski definition) is 1. The third-order valence-electron chi connectivity index (χ3n) is 3.10. The summed E-state index contributed by atoms with van der Waals surface area (Å²) < 4.78 is 0.